The molecule has 2 aromatic rings. The van der Waals surface area contributed by atoms with Gasteiger partial charge in [-0.25, -0.2) is 0 Å². The summed E-state index contributed by atoms with van der Waals surface area (Å²) in [5, 5.41) is 21.1. The minimum atomic E-state index is 0.0319. The molecule has 0 unspecified atom stereocenters. The molecule has 14 heavy (non-hydrogen) atoms. The monoisotopic (exact) mass is 226 g/mol. The van der Waals surface area contributed by atoms with Gasteiger partial charge in [0.05, 0.1) is 9.90 Å². The highest BCUT2D eigenvalue weighted by Crippen LogP contribution is 2.36. The molecule has 0 aliphatic heterocycles. The second-order valence-corrected chi connectivity index (χ2v) is 4.16. The van der Waals surface area contributed by atoms with Crippen molar-refractivity contribution in [1.29, 1.82) is 0 Å². The third-order valence-electron chi connectivity index (χ3n) is 1.78. The van der Waals surface area contributed by atoms with E-state index in [1.165, 1.54) is 17.4 Å². The lowest BCUT2D eigenvalue weighted by molar-refractivity contribution is 0.451. The maximum Gasteiger partial charge on any atom is 0.119 e. The molecule has 2 N–H and O–H groups in total. The molecule has 1 aromatic carbocycles. The van der Waals surface area contributed by atoms with Gasteiger partial charge in [-0.2, -0.15) is 0 Å². The second kappa shape index (κ2) is 3.52. The fourth-order valence-corrected chi connectivity index (χ4v) is 2.38. The first-order valence-electron chi connectivity index (χ1n) is 3.93. The molecule has 72 valence electrons. The van der Waals surface area contributed by atoms with Crippen LogP contribution in [0.1, 0.15) is 0 Å². The van der Waals surface area contributed by atoms with Gasteiger partial charge in [0.25, 0.3) is 0 Å². The predicted octanol–water partition coefficient (Wildman–Crippen LogP) is 3.48. The van der Waals surface area contributed by atoms with Gasteiger partial charge in [-0.1, -0.05) is 11.6 Å². The van der Waals surface area contributed by atoms with Crippen molar-refractivity contribution in [2.45, 2.75) is 0 Å². The molecule has 0 bridgehead atoms. The fraction of sp³-hybridized carbons (Fsp3) is 0. The molecule has 4 heteroatoms. The van der Waals surface area contributed by atoms with E-state index in [0.29, 0.717) is 5.02 Å². The van der Waals surface area contributed by atoms with E-state index in [1.807, 2.05) is 5.38 Å². The van der Waals surface area contributed by atoms with Gasteiger partial charge in [0.1, 0.15) is 11.5 Å². The third-order valence-corrected chi connectivity index (χ3v) is 3.17. The molecule has 0 fully saturated rings. The minimum absolute atomic E-state index is 0.0319. The lowest BCUT2D eigenvalue weighted by atomic mass is 10.1. The lowest BCUT2D eigenvalue weighted by Crippen LogP contribution is -1.74. The van der Waals surface area contributed by atoms with E-state index in [4.69, 9.17) is 11.6 Å². The summed E-state index contributed by atoms with van der Waals surface area (Å²) in [6.07, 6.45) is 0. The zero-order valence-corrected chi connectivity index (χ0v) is 8.64. The molecule has 1 heterocycles. The number of aromatic hydroxyl groups is 2. The van der Waals surface area contributed by atoms with Crippen LogP contribution in [-0.2, 0) is 0 Å². The number of benzene rings is 1. The summed E-state index contributed by atoms with van der Waals surface area (Å²) in [5.74, 6) is 0.0638. The average molecular weight is 227 g/mol. The van der Waals surface area contributed by atoms with E-state index < -0.39 is 0 Å². The van der Waals surface area contributed by atoms with Gasteiger partial charge in [-0.05, 0) is 23.6 Å². The Hall–Kier alpha value is -1.19. The number of hydrogen-bond donors (Lipinski definition) is 2. The van der Waals surface area contributed by atoms with Gasteiger partial charge >= 0.3 is 0 Å². The largest absolute Gasteiger partial charge is 0.508 e. The molecule has 0 radical (unpaired) electrons. The summed E-state index contributed by atoms with van der Waals surface area (Å²) in [5.41, 5.74) is 0.725. The zero-order valence-electron chi connectivity index (χ0n) is 7.07. The number of thiophene rings is 1. The lowest BCUT2D eigenvalue weighted by Gasteiger charge is -2.01. The molecule has 0 saturated carbocycles. The summed E-state index contributed by atoms with van der Waals surface area (Å²) in [6, 6.07) is 6.20. The zero-order chi connectivity index (χ0) is 10.1. The topological polar surface area (TPSA) is 40.5 Å². The van der Waals surface area contributed by atoms with Crippen molar-refractivity contribution in [3.05, 3.63) is 34.7 Å². The summed E-state index contributed by atoms with van der Waals surface area (Å²) < 4.78 is 0. The van der Waals surface area contributed by atoms with E-state index in [9.17, 15) is 10.2 Å². The van der Waals surface area contributed by atoms with Gasteiger partial charge in [-0.3, -0.25) is 0 Å². The van der Waals surface area contributed by atoms with E-state index in [-0.39, 0.29) is 11.5 Å². The van der Waals surface area contributed by atoms with Crippen LogP contribution < -0.4 is 0 Å². The molecule has 1 aromatic heterocycles. The van der Waals surface area contributed by atoms with Crippen molar-refractivity contribution < 1.29 is 10.2 Å². The minimum Gasteiger partial charge on any atom is -0.508 e. The number of halogens is 1. The number of phenols is 2. The normalized spacial score (nSPS) is 10.4. The Morgan fingerprint density at radius 2 is 1.71 bits per heavy atom. The smallest absolute Gasteiger partial charge is 0.119 e. The van der Waals surface area contributed by atoms with Crippen LogP contribution in [0.15, 0.2) is 29.6 Å². The molecule has 0 amide bonds. The van der Waals surface area contributed by atoms with Crippen LogP contribution in [0.25, 0.3) is 10.4 Å². The molecule has 2 rings (SSSR count). The van der Waals surface area contributed by atoms with Crippen molar-refractivity contribution in [2.24, 2.45) is 0 Å². The summed E-state index contributed by atoms with van der Waals surface area (Å²) >= 11 is 7.39. The highest BCUT2D eigenvalue weighted by Gasteiger charge is 2.07. The Labute approximate surface area is 90.0 Å². The number of hydrogen-bond acceptors (Lipinski definition) is 3. The highest BCUT2D eigenvalue weighted by atomic mass is 35.5. The Morgan fingerprint density at radius 1 is 1.07 bits per heavy atom. The van der Waals surface area contributed by atoms with Crippen molar-refractivity contribution in [1.82, 2.24) is 0 Å². The molecular weight excluding hydrogens is 220 g/mol. The van der Waals surface area contributed by atoms with Gasteiger partial charge in [0.2, 0.25) is 0 Å². The first kappa shape index (κ1) is 9.37. The molecule has 0 aliphatic carbocycles. The van der Waals surface area contributed by atoms with E-state index >= 15 is 0 Å². The summed E-state index contributed by atoms with van der Waals surface area (Å²) in [7, 11) is 0. The molecule has 0 saturated heterocycles. The second-order valence-electron chi connectivity index (χ2n) is 2.84. The van der Waals surface area contributed by atoms with Crippen molar-refractivity contribution >= 4 is 22.9 Å². The molecule has 0 spiro atoms. The maximum atomic E-state index is 9.29. The predicted molar refractivity (Wildman–Crippen MR) is 58.1 cm³/mol. The van der Waals surface area contributed by atoms with Crippen LogP contribution in [-0.4, -0.2) is 10.2 Å². The van der Waals surface area contributed by atoms with Crippen LogP contribution in [0, 0.1) is 0 Å². The fourth-order valence-electron chi connectivity index (χ4n) is 1.23. The first-order chi connectivity index (χ1) is 6.66. The maximum absolute atomic E-state index is 9.29. The summed E-state index contributed by atoms with van der Waals surface area (Å²) in [4.78, 5) is 0.845. The van der Waals surface area contributed by atoms with Crippen LogP contribution in [0.3, 0.4) is 0 Å². The van der Waals surface area contributed by atoms with Crippen LogP contribution in [0.2, 0.25) is 5.02 Å². The van der Waals surface area contributed by atoms with Gasteiger partial charge in [-0.15, -0.1) is 11.3 Å². The Balaban J connectivity index is 2.57. The quantitative estimate of drug-likeness (QED) is 0.782. The van der Waals surface area contributed by atoms with E-state index in [1.54, 1.807) is 18.2 Å². The Morgan fingerprint density at radius 3 is 2.21 bits per heavy atom. The van der Waals surface area contributed by atoms with E-state index in [2.05, 4.69) is 0 Å². The van der Waals surface area contributed by atoms with Crippen LogP contribution >= 0.6 is 22.9 Å². The standard InChI is InChI=1S/C10H7ClO2S/c11-9-1-2-14-10(9)6-3-7(12)5-8(13)4-6/h1-5,12-13H. The molecule has 2 nitrogen and oxygen atoms in total. The Kier molecular flexibility index (Phi) is 2.35. The van der Waals surface area contributed by atoms with Crippen LogP contribution in [0.5, 0.6) is 11.5 Å². The van der Waals surface area contributed by atoms with Gasteiger partial charge < -0.3 is 10.2 Å². The first-order valence-corrected chi connectivity index (χ1v) is 5.19. The molecular formula is C10H7ClO2S. The Bertz CT molecular complexity index is 445. The number of phenolic OH excluding ortho intramolecular Hbond substituents is 2. The van der Waals surface area contributed by atoms with Crippen molar-refractivity contribution in [2.75, 3.05) is 0 Å². The SMILES string of the molecule is Oc1cc(O)cc(-c2sccc2Cl)c1. The molecule has 0 aliphatic rings. The van der Waals surface area contributed by atoms with Crippen LogP contribution in [0.4, 0.5) is 0 Å². The van der Waals surface area contributed by atoms with E-state index in [0.717, 1.165) is 10.4 Å². The van der Waals surface area contributed by atoms with Crippen molar-refractivity contribution in [3.63, 3.8) is 0 Å². The highest BCUT2D eigenvalue weighted by molar-refractivity contribution is 7.14. The molecule has 0 atom stereocenters. The third kappa shape index (κ3) is 1.69. The van der Waals surface area contributed by atoms with Gasteiger partial charge in [0, 0.05) is 11.6 Å². The average Bonchev–Trinajstić information content (AvgIpc) is 2.49. The number of rotatable bonds is 1. The summed E-state index contributed by atoms with van der Waals surface area (Å²) in [6.45, 7) is 0. The van der Waals surface area contributed by atoms with Gasteiger partial charge in [0.15, 0.2) is 0 Å². The van der Waals surface area contributed by atoms with Crippen molar-refractivity contribution in [3.8, 4) is 21.9 Å².